The van der Waals surface area contributed by atoms with Gasteiger partial charge in [0.2, 0.25) is 0 Å². The lowest BCUT2D eigenvalue weighted by atomic mass is 10.00. The van der Waals surface area contributed by atoms with Crippen LogP contribution in [0, 0.1) is 0 Å². The number of rotatable bonds is 6. The number of nitrogens with zero attached hydrogens (tertiary/aromatic N) is 5. The molecule has 0 radical (unpaired) electrons. The Hall–Kier alpha value is -3.23. The molecular weight excluding hydrogens is 434 g/mol. The fraction of sp³-hybridized carbons (Fsp3) is 0.182. The molecule has 0 bridgehead atoms. The van der Waals surface area contributed by atoms with Crippen LogP contribution in [0.2, 0.25) is 5.02 Å². The molecule has 0 aliphatic carbocycles. The number of carbonyl (C=O) groups excluding carboxylic acids is 1. The van der Waals surface area contributed by atoms with Crippen LogP contribution in [-0.4, -0.2) is 45.2 Å². The van der Waals surface area contributed by atoms with Crippen molar-refractivity contribution in [2.75, 3.05) is 14.2 Å². The fourth-order valence-electron chi connectivity index (χ4n) is 3.31. The number of thiophene rings is 1. The normalized spacial score (nSPS) is 11.9. The van der Waals surface area contributed by atoms with E-state index in [2.05, 4.69) is 15.5 Å². The van der Waals surface area contributed by atoms with Crippen LogP contribution in [0.25, 0.3) is 16.8 Å². The van der Waals surface area contributed by atoms with Gasteiger partial charge >= 0.3 is 0 Å². The maximum Gasteiger partial charge on any atom is 0.254 e. The van der Waals surface area contributed by atoms with E-state index < -0.39 is 0 Å². The van der Waals surface area contributed by atoms with E-state index in [0.29, 0.717) is 22.0 Å². The lowest BCUT2D eigenvalue weighted by Crippen LogP contribution is -2.29. The Labute approximate surface area is 188 Å². The van der Waals surface area contributed by atoms with E-state index in [0.717, 1.165) is 16.0 Å². The fourth-order valence-corrected chi connectivity index (χ4v) is 4.31. The molecule has 0 saturated heterocycles. The zero-order valence-electron chi connectivity index (χ0n) is 17.2. The lowest BCUT2D eigenvalue weighted by Gasteiger charge is -2.25. The highest BCUT2D eigenvalue weighted by atomic mass is 35.5. The summed E-state index contributed by atoms with van der Waals surface area (Å²) in [5.41, 5.74) is 2.71. The highest BCUT2D eigenvalue weighted by Gasteiger charge is 2.22. The van der Waals surface area contributed by atoms with Crippen molar-refractivity contribution in [2.24, 2.45) is 0 Å². The number of methoxy groups -OCH3 is 1. The summed E-state index contributed by atoms with van der Waals surface area (Å²) in [5.74, 6) is 0.537. The number of hydrogen-bond donors (Lipinski definition) is 0. The number of halogens is 1. The predicted octanol–water partition coefficient (Wildman–Crippen LogP) is 4.89. The van der Waals surface area contributed by atoms with Crippen LogP contribution in [0.5, 0.6) is 5.75 Å². The third kappa shape index (κ3) is 4.30. The molecule has 1 amide bonds. The van der Waals surface area contributed by atoms with Gasteiger partial charge < -0.3 is 9.64 Å². The summed E-state index contributed by atoms with van der Waals surface area (Å²) in [4.78, 5) is 16.3. The number of benzene rings is 2. The summed E-state index contributed by atoms with van der Waals surface area (Å²) in [6.45, 7) is 2.01. The summed E-state index contributed by atoms with van der Waals surface area (Å²) in [6, 6.07) is 14.8. The molecule has 4 aromatic rings. The molecule has 0 aliphatic rings. The summed E-state index contributed by atoms with van der Waals surface area (Å²) < 4.78 is 7.03. The van der Waals surface area contributed by atoms with Crippen molar-refractivity contribution in [2.45, 2.75) is 13.0 Å². The first-order valence-electron chi connectivity index (χ1n) is 9.51. The lowest BCUT2D eigenvalue weighted by molar-refractivity contribution is 0.0745. The highest BCUT2D eigenvalue weighted by molar-refractivity contribution is 7.10. The Balaban J connectivity index is 1.81. The average Bonchev–Trinajstić information content (AvgIpc) is 3.52. The molecule has 2 heterocycles. The first-order valence-corrected chi connectivity index (χ1v) is 10.8. The maximum absolute atomic E-state index is 13.4. The number of hydrogen-bond acceptors (Lipinski definition) is 6. The SMILES string of the molecule is COc1ccc(Cl)cc1-c1cc(C(=O)N(C)C(C)c2cccs2)cc(-n2cnnn2)c1. The van der Waals surface area contributed by atoms with Crippen LogP contribution in [0.3, 0.4) is 0 Å². The molecule has 7 nitrogen and oxygen atoms in total. The van der Waals surface area contributed by atoms with Gasteiger partial charge in [-0.3, -0.25) is 4.79 Å². The van der Waals surface area contributed by atoms with Crippen LogP contribution < -0.4 is 4.74 Å². The van der Waals surface area contributed by atoms with E-state index in [1.165, 1.54) is 11.0 Å². The van der Waals surface area contributed by atoms with E-state index in [-0.39, 0.29) is 11.9 Å². The van der Waals surface area contributed by atoms with Gasteiger partial charge in [-0.05, 0) is 70.8 Å². The van der Waals surface area contributed by atoms with Crippen LogP contribution in [0.4, 0.5) is 0 Å². The molecule has 1 unspecified atom stereocenters. The molecule has 0 fully saturated rings. The number of tetrazole rings is 1. The van der Waals surface area contributed by atoms with E-state index in [4.69, 9.17) is 16.3 Å². The van der Waals surface area contributed by atoms with E-state index in [1.54, 1.807) is 48.6 Å². The van der Waals surface area contributed by atoms with Gasteiger partial charge in [-0.2, -0.15) is 0 Å². The third-order valence-corrected chi connectivity index (χ3v) is 6.38. The third-order valence-electron chi connectivity index (χ3n) is 5.11. The monoisotopic (exact) mass is 453 g/mol. The molecule has 0 spiro atoms. The zero-order chi connectivity index (χ0) is 22.0. The summed E-state index contributed by atoms with van der Waals surface area (Å²) in [7, 11) is 3.40. The molecule has 0 aliphatic heterocycles. The van der Waals surface area contributed by atoms with Crippen LogP contribution in [0.15, 0.2) is 60.2 Å². The Bertz CT molecular complexity index is 1190. The second-order valence-corrected chi connectivity index (χ2v) is 8.39. The van der Waals surface area contributed by atoms with Crippen molar-refractivity contribution >= 4 is 28.8 Å². The molecule has 1 atom stereocenters. The summed E-state index contributed by atoms with van der Waals surface area (Å²) in [6.07, 6.45) is 1.49. The Morgan fingerprint density at radius 1 is 1.23 bits per heavy atom. The van der Waals surface area contributed by atoms with Gasteiger partial charge in [-0.1, -0.05) is 17.7 Å². The molecule has 2 aromatic carbocycles. The number of aromatic nitrogens is 4. The molecule has 4 rings (SSSR count). The topological polar surface area (TPSA) is 73.1 Å². The minimum absolute atomic E-state index is 0.0617. The predicted molar refractivity (Wildman–Crippen MR) is 121 cm³/mol. The first-order chi connectivity index (χ1) is 15.0. The molecule has 158 valence electrons. The van der Waals surface area contributed by atoms with E-state index >= 15 is 0 Å². The van der Waals surface area contributed by atoms with Crippen molar-refractivity contribution < 1.29 is 9.53 Å². The molecule has 9 heteroatoms. The van der Waals surface area contributed by atoms with Crippen LogP contribution in [-0.2, 0) is 0 Å². The van der Waals surface area contributed by atoms with Crippen LogP contribution >= 0.6 is 22.9 Å². The van der Waals surface area contributed by atoms with Crippen molar-refractivity contribution in [3.05, 3.63) is 75.7 Å². The minimum atomic E-state index is -0.113. The second kappa shape index (κ2) is 8.87. The minimum Gasteiger partial charge on any atom is -0.496 e. The van der Waals surface area contributed by atoms with Gasteiger partial charge in [-0.15, -0.1) is 16.4 Å². The summed E-state index contributed by atoms with van der Waals surface area (Å²) >= 11 is 7.87. The molecule has 0 N–H and O–H groups in total. The van der Waals surface area contributed by atoms with Crippen LogP contribution in [0.1, 0.15) is 28.2 Å². The number of carbonyl (C=O) groups is 1. The zero-order valence-corrected chi connectivity index (χ0v) is 18.8. The van der Waals surface area contributed by atoms with Gasteiger partial charge in [0, 0.05) is 28.1 Å². The van der Waals surface area contributed by atoms with Gasteiger partial charge in [0.1, 0.15) is 12.1 Å². The maximum atomic E-state index is 13.4. The first kappa shape index (κ1) is 21.0. The highest BCUT2D eigenvalue weighted by Crippen LogP contribution is 2.35. The van der Waals surface area contributed by atoms with Crippen molar-refractivity contribution in [3.63, 3.8) is 0 Å². The largest absolute Gasteiger partial charge is 0.496 e. The van der Waals surface area contributed by atoms with Crippen molar-refractivity contribution in [3.8, 4) is 22.6 Å². The molecule has 31 heavy (non-hydrogen) atoms. The standard InChI is InChI=1S/C22H20ClN5O2S/c1-14(21-5-4-8-31-21)27(2)22(29)16-9-15(10-18(11-16)28-13-24-25-26-28)19-12-17(23)6-7-20(19)30-3/h4-14H,1-3H3. The Kier molecular flexibility index (Phi) is 6.01. The van der Waals surface area contributed by atoms with E-state index in [9.17, 15) is 4.79 Å². The molecule has 0 saturated carbocycles. The number of amides is 1. The Morgan fingerprint density at radius 2 is 2.06 bits per heavy atom. The second-order valence-electron chi connectivity index (χ2n) is 6.98. The molecular formula is C22H20ClN5O2S. The van der Waals surface area contributed by atoms with Gasteiger partial charge in [0.25, 0.3) is 5.91 Å². The molecule has 2 aromatic heterocycles. The smallest absolute Gasteiger partial charge is 0.254 e. The number of ether oxygens (including phenoxy) is 1. The quantitative estimate of drug-likeness (QED) is 0.415. The Morgan fingerprint density at radius 3 is 2.74 bits per heavy atom. The van der Waals surface area contributed by atoms with E-state index in [1.807, 2.05) is 42.6 Å². The van der Waals surface area contributed by atoms with Crippen molar-refractivity contribution in [1.29, 1.82) is 0 Å². The van der Waals surface area contributed by atoms with Gasteiger partial charge in [0.05, 0.1) is 18.8 Å². The average molecular weight is 454 g/mol. The van der Waals surface area contributed by atoms with Crippen molar-refractivity contribution in [1.82, 2.24) is 25.1 Å². The van der Waals surface area contributed by atoms with Gasteiger partial charge in [-0.25, -0.2) is 4.68 Å². The van der Waals surface area contributed by atoms with Gasteiger partial charge in [0.15, 0.2) is 0 Å². The summed E-state index contributed by atoms with van der Waals surface area (Å²) in [5, 5.41) is 14.0.